The van der Waals surface area contributed by atoms with Crippen molar-refractivity contribution >= 4 is 32.6 Å². The first kappa shape index (κ1) is 18.2. The Morgan fingerprint density at radius 2 is 1.85 bits per heavy atom. The molecule has 1 N–H and O–H groups in total. The summed E-state index contributed by atoms with van der Waals surface area (Å²) >= 11 is 1.09. The summed E-state index contributed by atoms with van der Waals surface area (Å²) in [5, 5.41) is 2.93. The predicted molar refractivity (Wildman–Crippen MR) is 89.7 cm³/mol. The van der Waals surface area contributed by atoms with Gasteiger partial charge in [0.1, 0.15) is 0 Å². The number of benzene rings is 1. The maximum absolute atomic E-state index is 13.3. The fourth-order valence-electron chi connectivity index (χ4n) is 3.04. The summed E-state index contributed by atoms with van der Waals surface area (Å²) in [6.07, 6.45) is -4.26. The largest absolute Gasteiger partial charge is 0.586 e. The number of rotatable bonds is 3. The van der Waals surface area contributed by atoms with E-state index in [2.05, 4.69) is 19.8 Å². The molecule has 3 heterocycles. The van der Waals surface area contributed by atoms with Gasteiger partial charge in [0.15, 0.2) is 16.6 Å². The van der Waals surface area contributed by atoms with E-state index in [0.717, 1.165) is 11.3 Å². The minimum Gasteiger partial charge on any atom is -0.395 e. The van der Waals surface area contributed by atoms with Crippen molar-refractivity contribution < 1.29 is 31.8 Å². The topological polar surface area (TPSA) is 63.7 Å². The van der Waals surface area contributed by atoms with Crippen LogP contribution in [0, 0.1) is 0 Å². The van der Waals surface area contributed by atoms with E-state index in [1.54, 1.807) is 11.8 Å². The third-order valence-corrected chi connectivity index (χ3v) is 5.53. The summed E-state index contributed by atoms with van der Waals surface area (Å²) in [6, 6.07) is 2.09. The van der Waals surface area contributed by atoms with Gasteiger partial charge in [0.05, 0.1) is 16.3 Å². The van der Waals surface area contributed by atoms with E-state index < -0.39 is 18.3 Å². The zero-order valence-electron chi connectivity index (χ0n) is 14.1. The van der Waals surface area contributed by atoms with Gasteiger partial charge in [-0.3, -0.25) is 9.69 Å². The number of hydrogen-bond donors (Lipinski definition) is 1. The van der Waals surface area contributed by atoms with Gasteiger partial charge in [-0.05, 0) is 6.92 Å². The van der Waals surface area contributed by atoms with Gasteiger partial charge in [-0.1, -0.05) is 11.3 Å². The molecule has 0 spiro atoms. The van der Waals surface area contributed by atoms with Crippen molar-refractivity contribution in [2.45, 2.75) is 38.0 Å². The van der Waals surface area contributed by atoms with Gasteiger partial charge in [-0.15, -0.1) is 8.78 Å². The van der Waals surface area contributed by atoms with Crippen LogP contribution in [-0.2, 0) is 4.79 Å². The number of hydrogen-bond acceptors (Lipinski definition) is 6. The number of carbonyl (C=O) groups excluding carboxylic acids is 1. The van der Waals surface area contributed by atoms with Crippen LogP contribution in [0.3, 0.4) is 0 Å². The number of nitrogens with zero attached hydrogens (tertiary/aromatic N) is 2. The molecule has 2 aromatic rings. The maximum Gasteiger partial charge on any atom is 0.586 e. The van der Waals surface area contributed by atoms with Crippen molar-refractivity contribution in [1.29, 1.82) is 0 Å². The van der Waals surface area contributed by atoms with Crippen LogP contribution in [0.25, 0.3) is 10.2 Å². The molecule has 0 saturated carbocycles. The Labute approximate surface area is 155 Å². The summed E-state index contributed by atoms with van der Waals surface area (Å²) in [5.74, 6) is -3.28. The fourth-order valence-corrected chi connectivity index (χ4v) is 3.92. The van der Waals surface area contributed by atoms with E-state index in [1.807, 2.05) is 0 Å². The molecule has 0 radical (unpaired) electrons. The Morgan fingerprint density at radius 1 is 1.22 bits per heavy atom. The number of nitrogens with one attached hydrogen (secondary N) is 1. The van der Waals surface area contributed by atoms with Crippen LogP contribution in [0.4, 0.5) is 22.7 Å². The molecule has 4 rings (SSSR count). The van der Waals surface area contributed by atoms with Crippen molar-refractivity contribution in [3.8, 4) is 11.5 Å². The monoisotopic (exact) mass is 405 g/mol. The molecular weight excluding hydrogens is 390 g/mol. The summed E-state index contributed by atoms with van der Waals surface area (Å²) in [7, 11) is 0. The molecule has 27 heavy (non-hydrogen) atoms. The molecule has 1 saturated heterocycles. The predicted octanol–water partition coefficient (Wildman–Crippen LogP) is 3.68. The van der Waals surface area contributed by atoms with Gasteiger partial charge in [-0.2, -0.15) is 0 Å². The van der Waals surface area contributed by atoms with Crippen LogP contribution in [0.2, 0.25) is 0 Å². The molecule has 0 bridgehead atoms. The van der Waals surface area contributed by atoms with E-state index in [-0.39, 0.29) is 48.5 Å². The number of carbonyl (C=O) groups is 1. The molecule has 2 aliphatic rings. The van der Waals surface area contributed by atoms with Crippen molar-refractivity contribution in [3.05, 3.63) is 12.1 Å². The molecule has 1 atom stereocenters. The third-order valence-electron chi connectivity index (χ3n) is 4.60. The highest BCUT2D eigenvalue weighted by molar-refractivity contribution is 7.22. The van der Waals surface area contributed by atoms with Crippen LogP contribution in [0.5, 0.6) is 11.5 Å². The van der Waals surface area contributed by atoms with Gasteiger partial charge in [0.25, 0.3) is 5.92 Å². The Balaban J connectivity index is 1.45. The molecule has 146 valence electrons. The average molecular weight is 405 g/mol. The third kappa shape index (κ3) is 3.65. The summed E-state index contributed by atoms with van der Waals surface area (Å²) in [6.45, 7) is 1.92. The Bertz CT molecular complexity index is 849. The first-order valence-electron chi connectivity index (χ1n) is 8.25. The Kier molecular flexibility index (Phi) is 4.18. The highest BCUT2D eigenvalue weighted by atomic mass is 32.1. The van der Waals surface area contributed by atoms with Crippen LogP contribution in [0.1, 0.15) is 19.8 Å². The van der Waals surface area contributed by atoms with Crippen molar-refractivity contribution in [2.75, 3.05) is 18.4 Å². The normalized spacial score (nSPS) is 22.0. The smallest absolute Gasteiger partial charge is 0.395 e. The number of anilines is 1. The second-order valence-corrected chi connectivity index (χ2v) is 7.54. The van der Waals surface area contributed by atoms with E-state index in [0.29, 0.717) is 10.2 Å². The lowest BCUT2D eigenvalue weighted by atomic mass is 10.1. The maximum atomic E-state index is 13.3. The molecule has 0 aliphatic carbocycles. The first-order chi connectivity index (χ1) is 12.6. The van der Waals surface area contributed by atoms with Crippen LogP contribution in [-0.4, -0.2) is 47.1 Å². The number of halogens is 4. The van der Waals surface area contributed by atoms with Gasteiger partial charge in [0.2, 0.25) is 5.91 Å². The Morgan fingerprint density at radius 3 is 2.52 bits per heavy atom. The van der Waals surface area contributed by atoms with Crippen molar-refractivity contribution in [3.63, 3.8) is 0 Å². The number of piperidine rings is 1. The molecule has 1 amide bonds. The summed E-state index contributed by atoms with van der Waals surface area (Å²) < 4.78 is 62.0. The van der Waals surface area contributed by atoms with E-state index in [1.165, 1.54) is 12.1 Å². The lowest BCUT2D eigenvalue weighted by Gasteiger charge is -2.34. The molecule has 1 aromatic carbocycles. The number of alkyl halides is 4. The van der Waals surface area contributed by atoms with Gasteiger partial charge in [0, 0.05) is 38.1 Å². The number of likely N-dealkylation sites (tertiary alicyclic amines) is 1. The van der Waals surface area contributed by atoms with Gasteiger partial charge >= 0.3 is 6.29 Å². The lowest BCUT2D eigenvalue weighted by Crippen LogP contribution is -2.48. The standard InChI is InChI=1S/C16H15F4N3O3S/c1-8(23-4-2-15(17,18)3-5-23)13(24)22-14-21-9-6-10-11(7-12(9)27-14)26-16(19,20)25-10/h6-8H,2-5H2,1H3,(H,21,22,24). The SMILES string of the molecule is CC(C(=O)Nc1nc2cc3c(cc2s1)OC(F)(F)O3)N1CCC(F)(F)CC1. The fraction of sp³-hybridized carbons (Fsp3) is 0.500. The zero-order chi connectivity index (χ0) is 19.4. The van der Waals surface area contributed by atoms with Crippen molar-refractivity contribution in [1.82, 2.24) is 9.88 Å². The molecule has 1 aromatic heterocycles. The molecular formula is C16H15F4N3O3S. The van der Waals surface area contributed by atoms with Crippen LogP contribution < -0.4 is 14.8 Å². The second kappa shape index (κ2) is 6.20. The highest BCUT2D eigenvalue weighted by Crippen LogP contribution is 2.44. The minimum absolute atomic E-state index is 0.100. The van der Waals surface area contributed by atoms with Crippen LogP contribution >= 0.6 is 11.3 Å². The number of fused-ring (bicyclic) bond motifs is 2. The number of ether oxygens (including phenoxy) is 2. The Hall–Kier alpha value is -2.14. The molecule has 2 aliphatic heterocycles. The minimum atomic E-state index is -3.70. The number of aromatic nitrogens is 1. The molecule has 1 unspecified atom stereocenters. The molecule has 6 nitrogen and oxygen atoms in total. The van der Waals surface area contributed by atoms with E-state index in [9.17, 15) is 22.4 Å². The highest BCUT2D eigenvalue weighted by Gasteiger charge is 2.43. The van der Waals surface area contributed by atoms with Crippen LogP contribution in [0.15, 0.2) is 12.1 Å². The summed E-state index contributed by atoms with van der Waals surface area (Å²) in [4.78, 5) is 18.3. The van der Waals surface area contributed by atoms with Gasteiger partial charge < -0.3 is 14.8 Å². The first-order valence-corrected chi connectivity index (χ1v) is 9.07. The van der Waals surface area contributed by atoms with Crippen molar-refractivity contribution in [2.24, 2.45) is 0 Å². The van der Waals surface area contributed by atoms with E-state index in [4.69, 9.17) is 0 Å². The lowest BCUT2D eigenvalue weighted by molar-refractivity contribution is -0.286. The average Bonchev–Trinajstić information content (AvgIpc) is 3.08. The zero-order valence-corrected chi connectivity index (χ0v) is 14.9. The number of amides is 1. The second-order valence-electron chi connectivity index (χ2n) is 6.51. The van der Waals surface area contributed by atoms with E-state index >= 15 is 0 Å². The quantitative estimate of drug-likeness (QED) is 0.790. The molecule has 11 heteroatoms. The summed E-state index contributed by atoms with van der Waals surface area (Å²) in [5.41, 5.74) is 0.376. The number of thiazole rings is 1. The van der Waals surface area contributed by atoms with Gasteiger partial charge in [-0.25, -0.2) is 13.8 Å². The molecule has 1 fully saturated rings.